The molecule has 15 heavy (non-hydrogen) atoms. The van der Waals surface area contributed by atoms with Crippen LogP contribution in [0.15, 0.2) is 6.20 Å². The van der Waals surface area contributed by atoms with Crippen LogP contribution in [0.1, 0.15) is 5.69 Å². The number of aryl methyl sites for hydroxylation is 1. The zero-order valence-electron chi connectivity index (χ0n) is 8.67. The number of aliphatic hydroxyl groups is 1. The van der Waals surface area contributed by atoms with Crippen LogP contribution in [0.5, 0.6) is 0 Å². The van der Waals surface area contributed by atoms with Gasteiger partial charge in [0, 0.05) is 42.2 Å². The Labute approximate surface area is 97.8 Å². The van der Waals surface area contributed by atoms with Gasteiger partial charge in [0.25, 0.3) is 0 Å². The van der Waals surface area contributed by atoms with Gasteiger partial charge in [-0.05, 0) is 0 Å². The van der Waals surface area contributed by atoms with E-state index in [2.05, 4.69) is 10.3 Å². The largest absolute Gasteiger partial charge is 0.392 e. The first-order valence-corrected chi connectivity index (χ1v) is 7.18. The molecule has 1 fully saturated rings. The summed E-state index contributed by atoms with van der Waals surface area (Å²) in [7, 11) is 1.84. The summed E-state index contributed by atoms with van der Waals surface area (Å²) in [6, 6.07) is 0. The molecule has 2 heterocycles. The van der Waals surface area contributed by atoms with Crippen molar-refractivity contribution in [1.29, 1.82) is 0 Å². The lowest BCUT2D eigenvalue weighted by Crippen LogP contribution is -2.30. The molecule has 0 aromatic carbocycles. The third-order valence-electron chi connectivity index (χ3n) is 2.34. The van der Waals surface area contributed by atoms with Gasteiger partial charge >= 0.3 is 0 Å². The van der Waals surface area contributed by atoms with Crippen molar-refractivity contribution in [3.63, 3.8) is 0 Å². The lowest BCUT2D eigenvalue weighted by atomic mass is 10.1. The van der Waals surface area contributed by atoms with Crippen LogP contribution in [-0.2, 0) is 13.5 Å². The molecule has 0 radical (unpaired) electrons. The first kappa shape index (κ1) is 11.3. The van der Waals surface area contributed by atoms with Crippen molar-refractivity contribution in [3.8, 4) is 0 Å². The fourth-order valence-corrected chi connectivity index (χ4v) is 4.33. The van der Waals surface area contributed by atoms with Gasteiger partial charge in [-0.1, -0.05) is 5.21 Å². The molecule has 0 aliphatic carbocycles. The van der Waals surface area contributed by atoms with E-state index in [0.29, 0.717) is 11.7 Å². The highest BCUT2D eigenvalue weighted by Crippen LogP contribution is 2.27. The van der Waals surface area contributed by atoms with Crippen LogP contribution in [0.3, 0.4) is 0 Å². The molecule has 1 aliphatic rings. The topological polar surface area (TPSA) is 50.9 Å². The van der Waals surface area contributed by atoms with Crippen molar-refractivity contribution in [2.45, 2.75) is 17.8 Å². The third-order valence-corrected chi connectivity index (χ3v) is 5.25. The second-order valence-electron chi connectivity index (χ2n) is 3.64. The van der Waals surface area contributed by atoms with Gasteiger partial charge in [-0.3, -0.25) is 4.68 Å². The molecule has 1 saturated heterocycles. The first-order chi connectivity index (χ1) is 7.25. The van der Waals surface area contributed by atoms with Crippen molar-refractivity contribution >= 4 is 23.5 Å². The predicted octanol–water partition coefficient (Wildman–Crippen LogP) is 0.567. The smallest absolute Gasteiger partial charge is 0.0853 e. The lowest BCUT2D eigenvalue weighted by Gasteiger charge is -2.25. The van der Waals surface area contributed by atoms with Gasteiger partial charge < -0.3 is 5.11 Å². The quantitative estimate of drug-likeness (QED) is 0.843. The van der Waals surface area contributed by atoms with Gasteiger partial charge in [0.1, 0.15) is 0 Å². The Kier molecular flexibility index (Phi) is 3.93. The first-order valence-electron chi connectivity index (χ1n) is 4.98. The molecular formula is C9H15N3OS2. The Morgan fingerprint density at radius 2 is 2.53 bits per heavy atom. The van der Waals surface area contributed by atoms with Crippen molar-refractivity contribution in [2.24, 2.45) is 7.05 Å². The Morgan fingerprint density at radius 3 is 3.13 bits per heavy atom. The summed E-state index contributed by atoms with van der Waals surface area (Å²) in [5.41, 5.74) is 0.876. The minimum atomic E-state index is -0.292. The minimum absolute atomic E-state index is 0.292. The van der Waals surface area contributed by atoms with Gasteiger partial charge in [-0.15, -0.1) is 5.10 Å². The van der Waals surface area contributed by atoms with Crippen molar-refractivity contribution in [2.75, 3.05) is 17.3 Å². The second-order valence-corrected chi connectivity index (χ2v) is 6.14. The monoisotopic (exact) mass is 245 g/mol. The number of aliphatic hydroxyl groups excluding tert-OH is 1. The molecule has 2 rings (SSSR count). The molecule has 0 spiro atoms. The SMILES string of the molecule is Cn1cc(CC(O)C2CSCCS2)nn1. The van der Waals surface area contributed by atoms with Gasteiger partial charge in [-0.2, -0.15) is 23.5 Å². The fourth-order valence-electron chi connectivity index (χ4n) is 1.56. The highest BCUT2D eigenvalue weighted by molar-refractivity contribution is 8.06. The normalized spacial score (nSPS) is 24.0. The van der Waals surface area contributed by atoms with Crippen LogP contribution >= 0.6 is 23.5 Å². The standard InChI is InChI=1S/C9H15N3OS2/c1-12-5-7(10-11-12)4-8(13)9-6-14-2-3-15-9/h5,8-9,13H,2-4,6H2,1H3. The highest BCUT2D eigenvalue weighted by Gasteiger charge is 2.23. The van der Waals surface area contributed by atoms with Gasteiger partial charge in [-0.25, -0.2) is 0 Å². The van der Waals surface area contributed by atoms with E-state index in [9.17, 15) is 5.11 Å². The fraction of sp³-hybridized carbons (Fsp3) is 0.778. The van der Waals surface area contributed by atoms with Crippen LogP contribution in [0.2, 0.25) is 0 Å². The van der Waals surface area contributed by atoms with E-state index >= 15 is 0 Å². The molecule has 84 valence electrons. The number of rotatable bonds is 3. The number of hydrogen-bond acceptors (Lipinski definition) is 5. The summed E-state index contributed by atoms with van der Waals surface area (Å²) in [4.78, 5) is 0. The van der Waals surface area contributed by atoms with Gasteiger partial charge in [0.15, 0.2) is 0 Å². The molecule has 0 amide bonds. The molecule has 1 aromatic heterocycles. The Hall–Kier alpha value is -0.200. The van der Waals surface area contributed by atoms with E-state index in [0.717, 1.165) is 17.2 Å². The molecule has 1 N–H and O–H groups in total. The third kappa shape index (κ3) is 3.12. The van der Waals surface area contributed by atoms with Crippen LogP contribution < -0.4 is 0 Å². The van der Waals surface area contributed by atoms with E-state index in [1.165, 1.54) is 5.75 Å². The van der Waals surface area contributed by atoms with Gasteiger partial charge in [0.2, 0.25) is 0 Å². The lowest BCUT2D eigenvalue weighted by molar-refractivity contribution is 0.176. The molecule has 6 heteroatoms. The summed E-state index contributed by atoms with van der Waals surface area (Å²) >= 11 is 3.80. The second kappa shape index (κ2) is 5.23. The molecular weight excluding hydrogens is 230 g/mol. The van der Waals surface area contributed by atoms with Crippen LogP contribution in [-0.4, -0.2) is 48.7 Å². The maximum absolute atomic E-state index is 10.0. The Balaban J connectivity index is 1.88. The molecule has 0 bridgehead atoms. The summed E-state index contributed by atoms with van der Waals surface area (Å²) in [6.45, 7) is 0. The van der Waals surface area contributed by atoms with Crippen molar-refractivity contribution in [3.05, 3.63) is 11.9 Å². The average Bonchev–Trinajstić information content (AvgIpc) is 2.65. The summed E-state index contributed by atoms with van der Waals surface area (Å²) in [5.74, 6) is 3.40. The average molecular weight is 245 g/mol. The zero-order valence-corrected chi connectivity index (χ0v) is 10.3. The Bertz CT molecular complexity index is 312. The van der Waals surface area contributed by atoms with Crippen LogP contribution in [0.25, 0.3) is 0 Å². The maximum Gasteiger partial charge on any atom is 0.0853 e. The molecule has 1 aromatic rings. The molecule has 2 atom stereocenters. The van der Waals surface area contributed by atoms with Crippen molar-refractivity contribution in [1.82, 2.24) is 15.0 Å². The van der Waals surface area contributed by atoms with E-state index in [-0.39, 0.29) is 6.10 Å². The van der Waals surface area contributed by atoms with Crippen molar-refractivity contribution < 1.29 is 5.11 Å². The summed E-state index contributed by atoms with van der Waals surface area (Å²) in [6.07, 6.45) is 2.19. The van der Waals surface area contributed by atoms with Crippen LogP contribution in [0, 0.1) is 0 Å². The van der Waals surface area contributed by atoms with E-state index < -0.39 is 0 Å². The van der Waals surface area contributed by atoms with Gasteiger partial charge in [0.05, 0.1) is 11.8 Å². The van der Waals surface area contributed by atoms with E-state index in [1.807, 2.05) is 36.8 Å². The summed E-state index contributed by atoms with van der Waals surface area (Å²) < 4.78 is 1.67. The highest BCUT2D eigenvalue weighted by atomic mass is 32.2. The van der Waals surface area contributed by atoms with E-state index in [1.54, 1.807) is 4.68 Å². The molecule has 0 saturated carbocycles. The molecule has 1 aliphatic heterocycles. The van der Waals surface area contributed by atoms with Crippen LogP contribution in [0.4, 0.5) is 0 Å². The predicted molar refractivity (Wildman–Crippen MR) is 64.3 cm³/mol. The molecule has 2 unspecified atom stereocenters. The van der Waals surface area contributed by atoms with E-state index in [4.69, 9.17) is 0 Å². The molecule has 4 nitrogen and oxygen atoms in total. The maximum atomic E-state index is 10.0. The summed E-state index contributed by atoms with van der Waals surface area (Å²) in [5, 5.41) is 18.2. The Morgan fingerprint density at radius 1 is 1.67 bits per heavy atom. The number of nitrogens with zero attached hydrogens (tertiary/aromatic N) is 3. The zero-order chi connectivity index (χ0) is 10.7. The minimum Gasteiger partial charge on any atom is -0.392 e. The number of hydrogen-bond donors (Lipinski definition) is 1. The number of thioether (sulfide) groups is 2. The number of aromatic nitrogens is 3.